The summed E-state index contributed by atoms with van der Waals surface area (Å²) in [4.78, 5) is 0. The first kappa shape index (κ1) is 15.1. The maximum atomic E-state index is 12.0. The van der Waals surface area contributed by atoms with Gasteiger partial charge in [-0.3, -0.25) is 4.57 Å². The average molecular weight is 268 g/mol. The number of aliphatic hydroxyl groups is 1. The Labute approximate surface area is 102 Å². The van der Waals surface area contributed by atoms with Gasteiger partial charge in [0.2, 0.25) is 0 Å². The van der Waals surface area contributed by atoms with Crippen LogP contribution in [-0.2, 0) is 23.1 Å². The molecule has 0 aromatic rings. The lowest BCUT2D eigenvalue weighted by atomic mass is 9.93. The molecule has 6 nitrogen and oxygen atoms in total. The lowest BCUT2D eigenvalue weighted by molar-refractivity contribution is -0.0712. The molecule has 0 amide bonds. The molecule has 1 aliphatic rings. The molecule has 0 unspecified atom stereocenters. The zero-order valence-corrected chi connectivity index (χ0v) is 11.3. The van der Waals surface area contributed by atoms with Crippen LogP contribution < -0.4 is 0 Å². The first-order valence-electron chi connectivity index (χ1n) is 5.65. The molecule has 0 aliphatic carbocycles. The predicted molar refractivity (Wildman–Crippen MR) is 62.3 cm³/mol. The molecule has 7 heteroatoms. The van der Waals surface area contributed by atoms with E-state index in [0.717, 1.165) is 0 Å². The van der Waals surface area contributed by atoms with Crippen LogP contribution in [0.25, 0.3) is 0 Å². The van der Waals surface area contributed by atoms with Crippen molar-refractivity contribution in [3.05, 3.63) is 0 Å². The van der Waals surface area contributed by atoms with E-state index in [1.54, 1.807) is 0 Å². The highest BCUT2D eigenvalue weighted by molar-refractivity contribution is 7.53. The normalized spacial score (nSPS) is 33.8. The SMILES string of the molecule is CCOCC1(CO)COP(=O)(CCOC)OC1. The van der Waals surface area contributed by atoms with Crippen molar-refractivity contribution in [2.75, 3.05) is 52.9 Å². The number of ether oxygens (including phenoxy) is 2. The van der Waals surface area contributed by atoms with Crippen molar-refractivity contribution < 1.29 is 28.2 Å². The third-order valence-electron chi connectivity index (χ3n) is 2.65. The quantitative estimate of drug-likeness (QED) is 0.691. The number of hydrogen-bond donors (Lipinski definition) is 1. The number of hydrogen-bond acceptors (Lipinski definition) is 6. The van der Waals surface area contributed by atoms with Crippen LogP contribution in [0.4, 0.5) is 0 Å². The van der Waals surface area contributed by atoms with Crippen LogP contribution in [0.3, 0.4) is 0 Å². The molecule has 0 aromatic carbocycles. The van der Waals surface area contributed by atoms with Gasteiger partial charge in [-0.25, -0.2) is 0 Å². The van der Waals surface area contributed by atoms with Crippen LogP contribution in [0.1, 0.15) is 6.92 Å². The molecule has 1 N–H and O–H groups in total. The second kappa shape index (κ2) is 6.83. The molecule has 0 atom stereocenters. The van der Waals surface area contributed by atoms with Crippen molar-refractivity contribution in [2.45, 2.75) is 6.92 Å². The summed E-state index contributed by atoms with van der Waals surface area (Å²) in [5.41, 5.74) is -0.600. The highest BCUT2D eigenvalue weighted by Gasteiger charge is 2.42. The summed E-state index contributed by atoms with van der Waals surface area (Å²) in [7, 11) is -1.52. The van der Waals surface area contributed by atoms with Gasteiger partial charge in [0.1, 0.15) is 0 Å². The van der Waals surface area contributed by atoms with Crippen LogP contribution in [0.2, 0.25) is 0 Å². The van der Waals surface area contributed by atoms with Gasteiger partial charge in [0.15, 0.2) is 0 Å². The zero-order chi connectivity index (χ0) is 12.8. The minimum absolute atomic E-state index is 0.114. The molecule has 0 bridgehead atoms. The summed E-state index contributed by atoms with van der Waals surface area (Å²) in [6.45, 7) is 3.35. The summed E-state index contributed by atoms with van der Waals surface area (Å²) < 4.78 is 32.7. The largest absolute Gasteiger partial charge is 0.396 e. The topological polar surface area (TPSA) is 74.2 Å². The highest BCUT2D eigenvalue weighted by atomic mass is 31.2. The molecule has 1 fully saturated rings. The van der Waals surface area contributed by atoms with E-state index in [9.17, 15) is 9.67 Å². The Hall–Kier alpha value is 0.0300. The molecule has 102 valence electrons. The van der Waals surface area contributed by atoms with E-state index in [-0.39, 0.29) is 26.0 Å². The fourth-order valence-electron chi connectivity index (χ4n) is 1.42. The number of aliphatic hydroxyl groups excluding tert-OH is 1. The Bertz CT molecular complexity index is 258. The van der Waals surface area contributed by atoms with Gasteiger partial charge >= 0.3 is 7.60 Å². The van der Waals surface area contributed by atoms with Crippen LogP contribution in [0.15, 0.2) is 0 Å². The molecular formula is C10H21O6P. The predicted octanol–water partition coefficient (Wildman–Crippen LogP) is 0.888. The van der Waals surface area contributed by atoms with Crippen molar-refractivity contribution in [1.82, 2.24) is 0 Å². The molecule has 17 heavy (non-hydrogen) atoms. The van der Waals surface area contributed by atoms with Crippen molar-refractivity contribution in [3.63, 3.8) is 0 Å². The van der Waals surface area contributed by atoms with Crippen molar-refractivity contribution in [1.29, 1.82) is 0 Å². The van der Waals surface area contributed by atoms with Gasteiger partial charge < -0.3 is 23.6 Å². The Morgan fingerprint density at radius 1 is 1.41 bits per heavy atom. The van der Waals surface area contributed by atoms with Crippen LogP contribution >= 0.6 is 7.60 Å². The van der Waals surface area contributed by atoms with E-state index in [4.69, 9.17) is 18.5 Å². The maximum Gasteiger partial charge on any atom is 0.333 e. The molecule has 0 saturated carbocycles. The fourth-order valence-corrected chi connectivity index (χ4v) is 3.10. The molecule has 1 saturated heterocycles. The lowest BCUT2D eigenvalue weighted by Crippen LogP contribution is -2.43. The van der Waals surface area contributed by atoms with E-state index in [0.29, 0.717) is 19.8 Å². The van der Waals surface area contributed by atoms with Gasteiger partial charge in [0.25, 0.3) is 0 Å². The third-order valence-corrected chi connectivity index (χ3v) is 4.43. The van der Waals surface area contributed by atoms with Gasteiger partial charge in [-0.05, 0) is 6.92 Å². The summed E-state index contributed by atoms with van der Waals surface area (Å²) in [5.74, 6) is 0. The van der Waals surface area contributed by atoms with Crippen LogP contribution in [0, 0.1) is 5.41 Å². The molecule has 1 heterocycles. The molecule has 1 rings (SSSR count). The van der Waals surface area contributed by atoms with Crippen molar-refractivity contribution in [2.24, 2.45) is 5.41 Å². The van der Waals surface area contributed by atoms with E-state index >= 15 is 0 Å². The van der Waals surface area contributed by atoms with Gasteiger partial charge in [0.05, 0.1) is 44.6 Å². The smallest absolute Gasteiger partial charge is 0.333 e. The van der Waals surface area contributed by atoms with Crippen LogP contribution in [0.5, 0.6) is 0 Å². The number of rotatable bonds is 7. The first-order valence-corrected chi connectivity index (χ1v) is 7.38. The second-order valence-electron chi connectivity index (χ2n) is 4.17. The standard InChI is InChI=1S/C10H21O6P/c1-3-14-7-10(6-11)8-15-17(12,16-9-10)5-4-13-2/h11H,3-9H2,1-2H3. The molecular weight excluding hydrogens is 247 g/mol. The van der Waals surface area contributed by atoms with Gasteiger partial charge in [-0.2, -0.15) is 0 Å². The van der Waals surface area contributed by atoms with Crippen molar-refractivity contribution >= 4 is 7.60 Å². The monoisotopic (exact) mass is 268 g/mol. The van der Waals surface area contributed by atoms with E-state index in [1.165, 1.54) is 7.11 Å². The Morgan fingerprint density at radius 3 is 2.53 bits per heavy atom. The Morgan fingerprint density at radius 2 is 2.06 bits per heavy atom. The lowest BCUT2D eigenvalue weighted by Gasteiger charge is -2.37. The van der Waals surface area contributed by atoms with Crippen molar-refractivity contribution in [3.8, 4) is 0 Å². The van der Waals surface area contributed by atoms with Crippen LogP contribution in [-0.4, -0.2) is 58.0 Å². The summed E-state index contributed by atoms with van der Waals surface area (Å²) >= 11 is 0. The molecule has 0 spiro atoms. The summed E-state index contributed by atoms with van der Waals surface area (Å²) in [5, 5.41) is 9.36. The summed E-state index contributed by atoms with van der Waals surface area (Å²) in [6, 6.07) is 0. The van der Waals surface area contributed by atoms with Gasteiger partial charge in [-0.1, -0.05) is 0 Å². The van der Waals surface area contributed by atoms with E-state index in [2.05, 4.69) is 0 Å². The molecule has 0 radical (unpaired) electrons. The molecule has 0 aromatic heterocycles. The fraction of sp³-hybridized carbons (Fsp3) is 1.00. The van der Waals surface area contributed by atoms with E-state index in [1.807, 2.05) is 6.92 Å². The van der Waals surface area contributed by atoms with Gasteiger partial charge in [-0.15, -0.1) is 0 Å². The number of methoxy groups -OCH3 is 1. The minimum Gasteiger partial charge on any atom is -0.396 e. The van der Waals surface area contributed by atoms with Gasteiger partial charge in [0, 0.05) is 13.7 Å². The molecule has 1 aliphatic heterocycles. The summed E-state index contributed by atoms with van der Waals surface area (Å²) in [6.07, 6.45) is 0.236. The second-order valence-corrected chi connectivity index (χ2v) is 6.35. The van der Waals surface area contributed by atoms with E-state index < -0.39 is 13.0 Å². The minimum atomic E-state index is -3.05. The average Bonchev–Trinajstić information content (AvgIpc) is 2.37. The third kappa shape index (κ3) is 4.32. The zero-order valence-electron chi connectivity index (χ0n) is 10.4. The first-order chi connectivity index (χ1) is 8.10. The highest BCUT2D eigenvalue weighted by Crippen LogP contribution is 2.53. The Balaban J connectivity index is 2.49. The maximum absolute atomic E-state index is 12.0. The Kier molecular flexibility index (Phi) is 6.06.